The van der Waals surface area contributed by atoms with Crippen molar-refractivity contribution in [3.8, 4) is 5.75 Å². The van der Waals surface area contributed by atoms with Crippen LogP contribution < -0.4 is 10.6 Å². The second-order valence-electron chi connectivity index (χ2n) is 4.48. The number of urea groups is 1. The number of amides is 2. The maximum Gasteiger partial charge on any atom is 0.339 e. The normalized spacial score (nSPS) is 17.7. The summed E-state index contributed by atoms with van der Waals surface area (Å²) in [6.45, 7) is 0.565. The third kappa shape index (κ3) is 3.57. The predicted octanol–water partition coefficient (Wildman–Crippen LogP) is 2.11. The van der Waals surface area contributed by atoms with Crippen LogP contribution >= 0.6 is 11.8 Å². The molecule has 1 aromatic rings. The van der Waals surface area contributed by atoms with Gasteiger partial charge in [0.1, 0.15) is 5.56 Å². The fourth-order valence-corrected chi connectivity index (χ4v) is 3.20. The average Bonchev–Trinajstić information content (AvgIpc) is 2.91. The number of anilines is 1. The van der Waals surface area contributed by atoms with Gasteiger partial charge >= 0.3 is 12.0 Å². The van der Waals surface area contributed by atoms with Crippen molar-refractivity contribution in [3.05, 3.63) is 23.8 Å². The van der Waals surface area contributed by atoms with Crippen molar-refractivity contribution in [1.29, 1.82) is 0 Å². The number of carbonyl (C=O) groups is 2. The molecule has 1 atom stereocenters. The average molecular weight is 296 g/mol. The summed E-state index contributed by atoms with van der Waals surface area (Å²) >= 11 is 1.83. The zero-order chi connectivity index (χ0) is 14.5. The van der Waals surface area contributed by atoms with Crippen molar-refractivity contribution in [2.75, 3.05) is 17.6 Å². The van der Waals surface area contributed by atoms with E-state index in [0.717, 1.165) is 12.2 Å². The van der Waals surface area contributed by atoms with Crippen LogP contribution in [0.4, 0.5) is 10.5 Å². The van der Waals surface area contributed by atoms with Crippen LogP contribution in [-0.4, -0.2) is 39.8 Å². The number of thioether (sulfide) groups is 1. The van der Waals surface area contributed by atoms with E-state index in [4.69, 9.17) is 5.11 Å². The van der Waals surface area contributed by atoms with Crippen LogP contribution in [0.3, 0.4) is 0 Å². The maximum atomic E-state index is 11.7. The van der Waals surface area contributed by atoms with Gasteiger partial charge in [-0.2, -0.15) is 11.8 Å². The van der Waals surface area contributed by atoms with Gasteiger partial charge in [-0.1, -0.05) is 6.07 Å². The Labute approximate surface area is 120 Å². The molecule has 0 aliphatic carbocycles. The van der Waals surface area contributed by atoms with E-state index >= 15 is 0 Å². The van der Waals surface area contributed by atoms with E-state index in [9.17, 15) is 14.7 Å². The van der Waals surface area contributed by atoms with E-state index < -0.39 is 17.7 Å². The summed E-state index contributed by atoms with van der Waals surface area (Å²) in [7, 11) is 0. The molecule has 0 aromatic heterocycles. The largest absolute Gasteiger partial charge is 0.505 e. The van der Waals surface area contributed by atoms with Crippen LogP contribution in [0.15, 0.2) is 18.2 Å². The molecule has 1 unspecified atom stereocenters. The highest BCUT2D eigenvalue weighted by Crippen LogP contribution is 2.27. The summed E-state index contributed by atoms with van der Waals surface area (Å²) in [5, 5.41) is 24.2. The molecule has 0 radical (unpaired) electrons. The number of carboxylic acids is 1. The SMILES string of the molecule is O=C(NCC1CCCS1)Nc1cccc(C(=O)O)c1O. The summed E-state index contributed by atoms with van der Waals surface area (Å²) in [4.78, 5) is 22.6. The standard InChI is InChI=1S/C13H16N2O4S/c16-11-9(12(17)18)4-1-5-10(11)15-13(19)14-7-8-3-2-6-20-8/h1,4-5,8,16H,2-3,6-7H2,(H,17,18)(H2,14,15,19). The Morgan fingerprint density at radius 1 is 1.40 bits per heavy atom. The molecular formula is C13H16N2O4S. The molecule has 0 bridgehead atoms. The summed E-state index contributed by atoms with van der Waals surface area (Å²) < 4.78 is 0. The van der Waals surface area contributed by atoms with Gasteiger partial charge in [-0.3, -0.25) is 0 Å². The van der Waals surface area contributed by atoms with Gasteiger partial charge in [0.2, 0.25) is 0 Å². The molecule has 1 fully saturated rings. The van der Waals surface area contributed by atoms with Crippen LogP contribution in [0.1, 0.15) is 23.2 Å². The number of carboxylic acid groups (broad SMARTS) is 1. The second-order valence-corrected chi connectivity index (χ2v) is 5.89. The summed E-state index contributed by atoms with van der Waals surface area (Å²) in [6.07, 6.45) is 2.25. The highest BCUT2D eigenvalue weighted by molar-refractivity contribution is 8.00. The lowest BCUT2D eigenvalue weighted by Crippen LogP contribution is -2.33. The van der Waals surface area contributed by atoms with E-state index in [0.29, 0.717) is 11.8 Å². The van der Waals surface area contributed by atoms with Crippen LogP contribution in [0, 0.1) is 0 Å². The van der Waals surface area contributed by atoms with E-state index in [1.54, 1.807) is 0 Å². The Hall–Kier alpha value is -1.89. The molecule has 20 heavy (non-hydrogen) atoms. The van der Waals surface area contributed by atoms with Gasteiger partial charge in [0, 0.05) is 11.8 Å². The van der Waals surface area contributed by atoms with E-state index in [1.165, 1.54) is 24.6 Å². The van der Waals surface area contributed by atoms with Gasteiger partial charge in [-0.15, -0.1) is 0 Å². The Morgan fingerprint density at radius 2 is 2.20 bits per heavy atom. The first kappa shape index (κ1) is 14.5. The minimum absolute atomic E-state index is 0.0847. The molecule has 0 saturated carbocycles. The van der Waals surface area contributed by atoms with Crippen molar-refractivity contribution in [2.24, 2.45) is 0 Å². The molecule has 6 nitrogen and oxygen atoms in total. The molecular weight excluding hydrogens is 280 g/mol. The number of hydrogen-bond acceptors (Lipinski definition) is 4. The number of carbonyl (C=O) groups excluding carboxylic acids is 1. The number of phenols is 1. The van der Waals surface area contributed by atoms with Crippen LogP contribution in [0.5, 0.6) is 5.75 Å². The third-order valence-electron chi connectivity index (χ3n) is 3.03. The number of para-hydroxylation sites is 1. The van der Waals surface area contributed by atoms with Crippen LogP contribution in [0.2, 0.25) is 0 Å². The number of hydrogen-bond donors (Lipinski definition) is 4. The van der Waals surface area contributed by atoms with Crippen molar-refractivity contribution >= 4 is 29.4 Å². The molecule has 1 aliphatic heterocycles. The Balaban J connectivity index is 1.93. The second kappa shape index (κ2) is 6.51. The smallest absolute Gasteiger partial charge is 0.339 e. The fourth-order valence-electron chi connectivity index (χ4n) is 2.00. The van der Waals surface area contributed by atoms with Gasteiger partial charge in [-0.05, 0) is 30.7 Å². The van der Waals surface area contributed by atoms with Gasteiger partial charge < -0.3 is 20.8 Å². The van der Waals surface area contributed by atoms with Crippen molar-refractivity contribution in [1.82, 2.24) is 5.32 Å². The van der Waals surface area contributed by atoms with Crippen LogP contribution in [-0.2, 0) is 0 Å². The lowest BCUT2D eigenvalue weighted by atomic mass is 10.1. The van der Waals surface area contributed by atoms with E-state index in [2.05, 4.69) is 10.6 Å². The summed E-state index contributed by atoms with van der Waals surface area (Å²) in [6, 6.07) is 3.74. The van der Waals surface area contributed by atoms with Gasteiger partial charge in [-0.25, -0.2) is 9.59 Å². The first-order valence-electron chi connectivity index (χ1n) is 6.29. The number of aromatic hydroxyl groups is 1. The Morgan fingerprint density at radius 3 is 2.85 bits per heavy atom. The van der Waals surface area contributed by atoms with Gasteiger partial charge in [0.25, 0.3) is 0 Å². The molecule has 0 spiro atoms. The first-order valence-corrected chi connectivity index (χ1v) is 7.34. The Kier molecular flexibility index (Phi) is 4.73. The molecule has 1 aromatic carbocycles. The zero-order valence-corrected chi connectivity index (χ0v) is 11.6. The minimum Gasteiger partial charge on any atom is -0.505 e. The lowest BCUT2D eigenvalue weighted by molar-refractivity contribution is 0.0694. The molecule has 2 rings (SSSR count). The molecule has 1 heterocycles. The van der Waals surface area contributed by atoms with E-state index in [1.807, 2.05) is 11.8 Å². The van der Waals surface area contributed by atoms with Crippen molar-refractivity contribution < 1.29 is 19.8 Å². The van der Waals surface area contributed by atoms with Crippen molar-refractivity contribution in [3.63, 3.8) is 0 Å². The zero-order valence-electron chi connectivity index (χ0n) is 10.8. The summed E-state index contributed by atoms with van der Waals surface area (Å²) in [5.41, 5.74) is -0.157. The topological polar surface area (TPSA) is 98.7 Å². The van der Waals surface area contributed by atoms with Gasteiger partial charge in [0.05, 0.1) is 5.69 Å². The molecule has 2 amide bonds. The van der Waals surface area contributed by atoms with E-state index in [-0.39, 0.29) is 11.3 Å². The highest BCUT2D eigenvalue weighted by Gasteiger charge is 2.17. The Bertz CT molecular complexity index is 515. The number of benzene rings is 1. The molecule has 1 saturated heterocycles. The predicted molar refractivity (Wildman–Crippen MR) is 77.6 cm³/mol. The van der Waals surface area contributed by atoms with Crippen molar-refractivity contribution in [2.45, 2.75) is 18.1 Å². The van der Waals surface area contributed by atoms with Gasteiger partial charge in [0.15, 0.2) is 5.75 Å². The number of rotatable bonds is 4. The first-order chi connectivity index (χ1) is 9.58. The minimum atomic E-state index is -1.24. The molecule has 4 N–H and O–H groups in total. The fraction of sp³-hybridized carbons (Fsp3) is 0.385. The quantitative estimate of drug-likeness (QED) is 0.638. The highest BCUT2D eigenvalue weighted by atomic mass is 32.2. The molecule has 108 valence electrons. The monoisotopic (exact) mass is 296 g/mol. The maximum absolute atomic E-state index is 11.7. The summed E-state index contributed by atoms with van der Waals surface area (Å²) in [5.74, 6) is -0.561. The number of aromatic carboxylic acids is 1. The lowest BCUT2D eigenvalue weighted by Gasteiger charge is -2.12. The molecule has 7 heteroatoms. The third-order valence-corrected chi connectivity index (χ3v) is 4.43. The number of nitrogens with one attached hydrogen (secondary N) is 2. The van der Waals surface area contributed by atoms with Crippen LogP contribution in [0.25, 0.3) is 0 Å². The molecule has 1 aliphatic rings.